The number of rotatable bonds is 7. The molecule has 0 aliphatic heterocycles. The number of carbonyl (C=O) groups is 1. The molecule has 0 heterocycles. The maximum Gasteiger partial charge on any atom is 0.306 e. The van der Waals surface area contributed by atoms with Crippen LogP contribution in [0.1, 0.15) is 17.5 Å². The topological polar surface area (TPSA) is 69.4 Å². The Morgan fingerprint density at radius 3 is 2.08 bits per heavy atom. The van der Waals surface area contributed by atoms with Gasteiger partial charge in [0.05, 0.1) is 28.9 Å². The van der Waals surface area contributed by atoms with E-state index in [1.807, 2.05) is 36.4 Å². The predicted octanol–water partition coefficient (Wildman–Crippen LogP) is 4.09. The van der Waals surface area contributed by atoms with Gasteiger partial charge in [0.25, 0.3) is 5.70 Å². The molecule has 0 bridgehead atoms. The summed E-state index contributed by atoms with van der Waals surface area (Å²) in [6.45, 7) is 0. The van der Waals surface area contributed by atoms with Gasteiger partial charge in [0, 0.05) is 5.75 Å². The first kappa shape index (κ1) is 17.7. The molecule has 0 aliphatic rings. The van der Waals surface area contributed by atoms with E-state index in [4.69, 9.17) is 0 Å². The summed E-state index contributed by atoms with van der Waals surface area (Å²) in [5.74, 6) is 0.0680. The molecule has 2 aromatic carbocycles. The van der Waals surface area contributed by atoms with E-state index in [1.54, 1.807) is 24.3 Å². The molecule has 2 rings (SSSR count). The number of benzene rings is 2. The highest BCUT2D eigenvalue weighted by Gasteiger charge is 2.23. The Morgan fingerprint density at radius 2 is 1.58 bits per heavy atom. The van der Waals surface area contributed by atoms with Gasteiger partial charge < -0.3 is 4.74 Å². The van der Waals surface area contributed by atoms with E-state index in [2.05, 4.69) is 4.74 Å². The highest BCUT2D eigenvalue weighted by atomic mass is 32.2. The van der Waals surface area contributed by atoms with E-state index in [0.29, 0.717) is 16.2 Å². The van der Waals surface area contributed by atoms with Crippen LogP contribution in [-0.2, 0) is 9.53 Å². The fourth-order valence-corrected chi connectivity index (χ4v) is 3.24. The Balaban J connectivity index is 2.45. The number of ether oxygens (including phenoxy) is 1. The van der Waals surface area contributed by atoms with Gasteiger partial charge in [-0.15, -0.1) is 11.8 Å². The van der Waals surface area contributed by atoms with Crippen LogP contribution in [0.2, 0.25) is 0 Å². The number of hydrogen-bond acceptors (Lipinski definition) is 5. The molecule has 0 aliphatic carbocycles. The molecule has 0 radical (unpaired) electrons. The molecular weight excluding hydrogens is 326 g/mol. The van der Waals surface area contributed by atoms with Crippen molar-refractivity contribution in [3.63, 3.8) is 0 Å². The lowest BCUT2D eigenvalue weighted by Gasteiger charge is -2.09. The molecule has 0 amide bonds. The first-order valence-electron chi connectivity index (χ1n) is 7.32. The molecule has 0 saturated carbocycles. The standard InChI is InChI=1S/C18H17NO4S/c1-23-16(20)12-13-24-18(15-10-6-3-7-11-15)17(19(21)22)14-8-4-2-5-9-14/h2-11H,12-13H2,1H3/b18-17-. The van der Waals surface area contributed by atoms with Gasteiger partial charge in [0.1, 0.15) is 0 Å². The highest BCUT2D eigenvalue weighted by molar-refractivity contribution is 8.08. The van der Waals surface area contributed by atoms with Crippen molar-refractivity contribution in [3.8, 4) is 0 Å². The molecule has 0 fully saturated rings. The molecule has 6 heteroatoms. The van der Waals surface area contributed by atoms with E-state index >= 15 is 0 Å². The Bertz CT molecular complexity index is 729. The zero-order valence-corrected chi connectivity index (χ0v) is 14.0. The number of hydrogen-bond donors (Lipinski definition) is 0. The zero-order valence-electron chi connectivity index (χ0n) is 13.2. The molecule has 0 spiro atoms. The van der Waals surface area contributed by atoms with Crippen molar-refractivity contribution < 1.29 is 14.5 Å². The fraction of sp³-hybridized carbons (Fsp3) is 0.167. The Labute approximate surface area is 144 Å². The second-order valence-corrected chi connectivity index (χ2v) is 5.95. The normalized spacial score (nSPS) is 11.5. The van der Waals surface area contributed by atoms with Gasteiger partial charge >= 0.3 is 5.97 Å². The van der Waals surface area contributed by atoms with Crippen molar-refractivity contribution in [2.75, 3.05) is 12.9 Å². The summed E-state index contributed by atoms with van der Waals surface area (Å²) in [5.41, 5.74) is 1.33. The molecule has 2 aromatic rings. The van der Waals surface area contributed by atoms with Gasteiger partial charge in [0.15, 0.2) is 0 Å². The zero-order chi connectivity index (χ0) is 17.4. The molecule has 0 atom stereocenters. The number of nitro groups is 1. The lowest BCUT2D eigenvalue weighted by Crippen LogP contribution is -2.04. The van der Waals surface area contributed by atoms with Crippen LogP contribution >= 0.6 is 11.8 Å². The molecule has 0 unspecified atom stereocenters. The maximum atomic E-state index is 11.7. The summed E-state index contributed by atoms with van der Waals surface area (Å²) in [4.78, 5) is 23.2. The van der Waals surface area contributed by atoms with Crippen LogP contribution in [0.3, 0.4) is 0 Å². The van der Waals surface area contributed by atoms with E-state index in [9.17, 15) is 14.9 Å². The molecule has 124 valence electrons. The number of carbonyl (C=O) groups excluding carboxylic acids is 1. The minimum atomic E-state index is -0.372. The minimum absolute atomic E-state index is 0.0386. The Hall–Kier alpha value is -2.60. The van der Waals surface area contributed by atoms with Crippen LogP contribution in [0.4, 0.5) is 0 Å². The maximum absolute atomic E-state index is 11.7. The Kier molecular flexibility index (Phi) is 6.57. The van der Waals surface area contributed by atoms with Gasteiger partial charge in [-0.3, -0.25) is 14.9 Å². The first-order valence-corrected chi connectivity index (χ1v) is 8.31. The predicted molar refractivity (Wildman–Crippen MR) is 95.8 cm³/mol. The summed E-state index contributed by atoms with van der Waals surface area (Å²) in [5, 5.41) is 11.7. The minimum Gasteiger partial charge on any atom is -0.469 e. The monoisotopic (exact) mass is 343 g/mol. The SMILES string of the molecule is COC(=O)CCS/C(=C(/c1ccccc1)[N+](=O)[O-])c1ccccc1. The third kappa shape index (κ3) is 4.70. The van der Waals surface area contributed by atoms with Gasteiger partial charge in [0.2, 0.25) is 0 Å². The van der Waals surface area contributed by atoms with Crippen LogP contribution in [0.15, 0.2) is 60.7 Å². The van der Waals surface area contributed by atoms with Crippen LogP contribution < -0.4 is 0 Å². The highest BCUT2D eigenvalue weighted by Crippen LogP contribution is 2.36. The molecule has 0 saturated heterocycles. The van der Waals surface area contributed by atoms with Crippen molar-refractivity contribution in [1.29, 1.82) is 0 Å². The summed E-state index contributed by atoms with van der Waals surface area (Å²) < 4.78 is 4.63. The van der Waals surface area contributed by atoms with E-state index in [0.717, 1.165) is 5.56 Å². The number of thioether (sulfide) groups is 1. The molecule has 0 aromatic heterocycles. The van der Waals surface area contributed by atoms with Gasteiger partial charge in [-0.1, -0.05) is 48.5 Å². The number of nitrogens with zero attached hydrogens (tertiary/aromatic N) is 1. The summed E-state index contributed by atoms with van der Waals surface area (Å²) >= 11 is 1.29. The van der Waals surface area contributed by atoms with Crippen molar-refractivity contribution in [2.24, 2.45) is 0 Å². The molecule has 5 nitrogen and oxygen atoms in total. The van der Waals surface area contributed by atoms with Gasteiger partial charge in [-0.2, -0.15) is 0 Å². The van der Waals surface area contributed by atoms with Gasteiger partial charge in [-0.25, -0.2) is 0 Å². The number of esters is 1. The van der Waals surface area contributed by atoms with E-state index in [-0.39, 0.29) is 23.0 Å². The fourth-order valence-electron chi connectivity index (χ4n) is 2.13. The summed E-state index contributed by atoms with van der Waals surface area (Å²) in [7, 11) is 1.33. The third-order valence-electron chi connectivity index (χ3n) is 3.26. The second kappa shape index (κ2) is 8.88. The lowest BCUT2D eigenvalue weighted by molar-refractivity contribution is -0.374. The molecule has 0 N–H and O–H groups in total. The van der Waals surface area contributed by atoms with Crippen molar-refractivity contribution in [2.45, 2.75) is 6.42 Å². The smallest absolute Gasteiger partial charge is 0.306 e. The quantitative estimate of drug-likeness (QED) is 0.328. The first-order chi connectivity index (χ1) is 11.6. The van der Waals surface area contributed by atoms with Crippen molar-refractivity contribution >= 4 is 28.3 Å². The number of methoxy groups -OCH3 is 1. The van der Waals surface area contributed by atoms with Crippen molar-refractivity contribution in [1.82, 2.24) is 0 Å². The molecular formula is C18H17NO4S. The van der Waals surface area contributed by atoms with Crippen molar-refractivity contribution in [3.05, 3.63) is 81.9 Å². The van der Waals surface area contributed by atoms with E-state index in [1.165, 1.54) is 18.9 Å². The average Bonchev–Trinajstić information content (AvgIpc) is 2.62. The van der Waals surface area contributed by atoms with Gasteiger partial charge in [-0.05, 0) is 17.7 Å². The van der Waals surface area contributed by atoms with E-state index < -0.39 is 0 Å². The van der Waals surface area contributed by atoms with Crippen LogP contribution in [-0.4, -0.2) is 23.8 Å². The third-order valence-corrected chi connectivity index (χ3v) is 4.39. The largest absolute Gasteiger partial charge is 0.469 e. The average molecular weight is 343 g/mol. The van der Waals surface area contributed by atoms with Crippen LogP contribution in [0, 0.1) is 10.1 Å². The summed E-state index contributed by atoms with van der Waals surface area (Å²) in [6.07, 6.45) is 0.192. The second-order valence-electron chi connectivity index (χ2n) is 4.84. The van der Waals surface area contributed by atoms with Crippen LogP contribution in [0.5, 0.6) is 0 Å². The summed E-state index contributed by atoms with van der Waals surface area (Å²) in [6, 6.07) is 17.9. The van der Waals surface area contributed by atoms with Crippen LogP contribution in [0.25, 0.3) is 10.6 Å². The lowest BCUT2D eigenvalue weighted by atomic mass is 10.1. The molecule has 24 heavy (non-hydrogen) atoms. The Morgan fingerprint density at radius 1 is 1.04 bits per heavy atom.